The molecule has 178 valence electrons. The number of benzene rings is 2. The number of rotatable bonds is 6. The molecule has 0 spiro atoms. The third kappa shape index (κ3) is 4.40. The average Bonchev–Trinajstić information content (AvgIpc) is 3.46. The van der Waals surface area contributed by atoms with Crippen molar-refractivity contribution in [3.63, 3.8) is 0 Å². The highest BCUT2D eigenvalue weighted by molar-refractivity contribution is 5.96. The van der Waals surface area contributed by atoms with Crippen LogP contribution < -0.4 is 20.3 Å². The zero-order valence-electron chi connectivity index (χ0n) is 19.5. The van der Waals surface area contributed by atoms with Gasteiger partial charge in [-0.2, -0.15) is 0 Å². The molecule has 3 heterocycles. The molecule has 1 aliphatic rings. The summed E-state index contributed by atoms with van der Waals surface area (Å²) in [4.78, 5) is 26.1. The number of aromatic nitrogens is 3. The van der Waals surface area contributed by atoms with Crippen molar-refractivity contribution in [2.45, 2.75) is 13.3 Å². The maximum absolute atomic E-state index is 14.2. The summed E-state index contributed by atoms with van der Waals surface area (Å²) in [5.74, 6) is 0.301. The van der Waals surface area contributed by atoms with Crippen LogP contribution in [0.3, 0.4) is 0 Å². The minimum absolute atomic E-state index is 0.157. The Labute approximate surface area is 201 Å². The van der Waals surface area contributed by atoms with Gasteiger partial charge in [0.05, 0.1) is 30.2 Å². The second-order valence-electron chi connectivity index (χ2n) is 8.44. The smallest absolute Gasteiger partial charge is 0.227 e. The largest absolute Gasteiger partial charge is 0.493 e. The van der Waals surface area contributed by atoms with Crippen LogP contribution in [-0.4, -0.2) is 41.1 Å². The number of nitrogens with zero attached hydrogens (tertiary/aromatic N) is 3. The van der Waals surface area contributed by atoms with Gasteiger partial charge in [-0.05, 0) is 30.7 Å². The second-order valence-corrected chi connectivity index (χ2v) is 8.44. The summed E-state index contributed by atoms with van der Waals surface area (Å²) < 4.78 is 19.7. The van der Waals surface area contributed by atoms with Crippen LogP contribution in [0.25, 0.3) is 22.2 Å². The van der Waals surface area contributed by atoms with Crippen LogP contribution in [0.4, 0.5) is 27.4 Å². The molecule has 5 rings (SSSR count). The molecule has 0 saturated carbocycles. The Morgan fingerprint density at radius 3 is 2.89 bits per heavy atom. The molecule has 35 heavy (non-hydrogen) atoms. The van der Waals surface area contributed by atoms with Crippen molar-refractivity contribution in [2.75, 3.05) is 35.7 Å². The van der Waals surface area contributed by atoms with E-state index in [-0.39, 0.29) is 11.7 Å². The lowest BCUT2D eigenvalue weighted by molar-refractivity contribution is -0.114. The van der Waals surface area contributed by atoms with Crippen LogP contribution in [0.2, 0.25) is 0 Å². The molecule has 2 aromatic heterocycles. The van der Waals surface area contributed by atoms with E-state index in [0.717, 1.165) is 30.8 Å². The molecular formula is C26H25FN6O2. The number of amides is 1. The van der Waals surface area contributed by atoms with Gasteiger partial charge in [0, 0.05) is 42.8 Å². The van der Waals surface area contributed by atoms with Crippen molar-refractivity contribution in [3.05, 3.63) is 66.8 Å². The van der Waals surface area contributed by atoms with Crippen molar-refractivity contribution < 1.29 is 13.9 Å². The van der Waals surface area contributed by atoms with E-state index in [4.69, 9.17) is 4.74 Å². The Kier molecular flexibility index (Phi) is 5.82. The number of fused-ring (bicyclic) bond motifs is 1. The predicted octanol–water partition coefficient (Wildman–Crippen LogP) is 5.24. The zero-order chi connectivity index (χ0) is 24.5. The zero-order valence-corrected chi connectivity index (χ0v) is 19.5. The van der Waals surface area contributed by atoms with Crippen LogP contribution in [0.5, 0.6) is 5.75 Å². The Morgan fingerprint density at radius 2 is 2.14 bits per heavy atom. The number of para-hydroxylation sites is 1. The fourth-order valence-electron chi connectivity index (χ4n) is 4.32. The average molecular weight is 473 g/mol. The van der Waals surface area contributed by atoms with E-state index in [1.807, 2.05) is 24.3 Å². The lowest BCUT2D eigenvalue weighted by Crippen LogP contribution is -2.20. The fourth-order valence-corrected chi connectivity index (χ4v) is 4.32. The van der Waals surface area contributed by atoms with E-state index in [1.165, 1.54) is 20.1 Å². The molecular weight excluding hydrogens is 447 g/mol. The van der Waals surface area contributed by atoms with Crippen LogP contribution in [0, 0.1) is 5.82 Å². The number of methoxy groups -OCH3 is 1. The van der Waals surface area contributed by atoms with Crippen molar-refractivity contribution in [1.82, 2.24) is 15.0 Å². The van der Waals surface area contributed by atoms with Gasteiger partial charge in [0.15, 0.2) is 5.75 Å². The maximum Gasteiger partial charge on any atom is 0.227 e. The topological polar surface area (TPSA) is 95.2 Å². The SMILES string of the molecule is C=C1CCN(c2ccc(Nc3ncc(OC)c(-c4c[nH]c5c(F)cccc45)n3)cc2NC(C)=O)C1. The van der Waals surface area contributed by atoms with Gasteiger partial charge in [0.2, 0.25) is 11.9 Å². The van der Waals surface area contributed by atoms with Crippen LogP contribution >= 0.6 is 0 Å². The monoisotopic (exact) mass is 472 g/mol. The molecule has 0 radical (unpaired) electrons. The van der Waals surface area contributed by atoms with E-state index < -0.39 is 0 Å². The van der Waals surface area contributed by atoms with Crippen molar-refractivity contribution in [3.8, 4) is 17.0 Å². The van der Waals surface area contributed by atoms with Gasteiger partial charge >= 0.3 is 0 Å². The number of anilines is 4. The number of carbonyl (C=O) groups excluding carboxylic acids is 1. The number of hydrogen-bond acceptors (Lipinski definition) is 6. The Balaban J connectivity index is 1.50. The number of nitrogens with one attached hydrogen (secondary N) is 3. The Hall–Kier alpha value is -4.40. The lowest BCUT2D eigenvalue weighted by atomic mass is 10.1. The summed E-state index contributed by atoms with van der Waals surface area (Å²) in [5.41, 5.74) is 5.12. The second kappa shape index (κ2) is 9.09. The molecule has 1 aliphatic heterocycles. The van der Waals surface area contributed by atoms with E-state index in [1.54, 1.807) is 18.5 Å². The van der Waals surface area contributed by atoms with Gasteiger partial charge in [0.1, 0.15) is 11.5 Å². The molecule has 1 amide bonds. The lowest BCUT2D eigenvalue weighted by Gasteiger charge is -2.22. The molecule has 1 fully saturated rings. The highest BCUT2D eigenvalue weighted by atomic mass is 19.1. The summed E-state index contributed by atoms with van der Waals surface area (Å²) in [7, 11) is 1.54. The molecule has 4 aromatic rings. The Bertz CT molecular complexity index is 1450. The first kappa shape index (κ1) is 22.4. The van der Waals surface area contributed by atoms with Gasteiger partial charge in [-0.15, -0.1) is 0 Å². The summed E-state index contributed by atoms with van der Waals surface area (Å²) in [6, 6.07) is 10.6. The van der Waals surface area contributed by atoms with Gasteiger partial charge < -0.3 is 25.3 Å². The first-order valence-electron chi connectivity index (χ1n) is 11.2. The molecule has 3 N–H and O–H groups in total. The molecule has 9 heteroatoms. The van der Waals surface area contributed by atoms with E-state index in [9.17, 15) is 9.18 Å². The van der Waals surface area contributed by atoms with Crippen LogP contribution in [0.15, 0.2) is 60.9 Å². The highest BCUT2D eigenvalue weighted by Gasteiger charge is 2.20. The first-order chi connectivity index (χ1) is 16.9. The standard InChI is InChI=1S/C26H25FN6O2/c1-15-9-10-33(14-15)22-8-7-17(11-21(22)30-16(2)34)31-26-29-13-23(35-3)25(32-26)19-12-28-24-18(19)5-4-6-20(24)27/h4-8,11-13,28H,1,9-10,14H2,2-3H3,(H,30,34)(H,29,31,32). The quantitative estimate of drug-likeness (QED) is 0.332. The number of H-pyrrole nitrogens is 1. The van der Waals surface area contributed by atoms with Crippen molar-refractivity contribution in [1.29, 1.82) is 0 Å². The minimum atomic E-state index is -0.340. The summed E-state index contributed by atoms with van der Waals surface area (Å²) in [6.45, 7) is 7.17. The molecule has 0 unspecified atom stereocenters. The summed E-state index contributed by atoms with van der Waals surface area (Å²) in [5, 5.41) is 6.82. The normalized spacial score (nSPS) is 13.3. The minimum Gasteiger partial charge on any atom is -0.493 e. The van der Waals surface area contributed by atoms with E-state index in [0.29, 0.717) is 45.2 Å². The van der Waals surface area contributed by atoms with Crippen LogP contribution in [0.1, 0.15) is 13.3 Å². The molecule has 0 aliphatic carbocycles. The van der Waals surface area contributed by atoms with Gasteiger partial charge in [-0.1, -0.05) is 24.3 Å². The third-order valence-corrected chi connectivity index (χ3v) is 5.95. The maximum atomic E-state index is 14.2. The molecule has 0 bridgehead atoms. The highest BCUT2D eigenvalue weighted by Crippen LogP contribution is 2.36. The van der Waals surface area contributed by atoms with Crippen molar-refractivity contribution >= 4 is 39.8 Å². The number of hydrogen-bond donors (Lipinski definition) is 3. The molecule has 2 aromatic carbocycles. The fraction of sp³-hybridized carbons (Fsp3) is 0.192. The Morgan fingerprint density at radius 1 is 1.29 bits per heavy atom. The predicted molar refractivity (Wildman–Crippen MR) is 136 cm³/mol. The van der Waals surface area contributed by atoms with Crippen molar-refractivity contribution in [2.24, 2.45) is 0 Å². The number of halogens is 1. The van der Waals surface area contributed by atoms with E-state index in [2.05, 4.69) is 37.1 Å². The summed E-state index contributed by atoms with van der Waals surface area (Å²) >= 11 is 0. The van der Waals surface area contributed by atoms with E-state index >= 15 is 0 Å². The van der Waals surface area contributed by atoms with Gasteiger partial charge in [-0.3, -0.25) is 4.79 Å². The number of ether oxygens (including phenoxy) is 1. The number of aromatic amines is 1. The summed E-state index contributed by atoms with van der Waals surface area (Å²) in [6.07, 6.45) is 4.21. The molecule has 0 atom stereocenters. The molecule has 8 nitrogen and oxygen atoms in total. The van der Waals surface area contributed by atoms with Crippen LogP contribution in [-0.2, 0) is 4.79 Å². The van der Waals surface area contributed by atoms with Gasteiger partial charge in [-0.25, -0.2) is 14.4 Å². The van der Waals surface area contributed by atoms with Gasteiger partial charge in [0.25, 0.3) is 0 Å². The molecule has 1 saturated heterocycles. The first-order valence-corrected chi connectivity index (χ1v) is 11.2. The third-order valence-electron chi connectivity index (χ3n) is 5.95. The number of carbonyl (C=O) groups is 1.